The SMILES string of the molecule is Cc1c(Oc2ncc(Br)cn2)cc(F)c(F)c1F. The van der Waals surface area contributed by atoms with Gasteiger partial charge in [-0.3, -0.25) is 0 Å². The number of hydrogen-bond acceptors (Lipinski definition) is 3. The molecule has 94 valence electrons. The van der Waals surface area contributed by atoms with Gasteiger partial charge in [-0.15, -0.1) is 0 Å². The lowest BCUT2D eigenvalue weighted by Crippen LogP contribution is -1.99. The molecule has 0 fully saturated rings. The zero-order valence-corrected chi connectivity index (χ0v) is 10.6. The van der Waals surface area contributed by atoms with Gasteiger partial charge < -0.3 is 4.74 Å². The van der Waals surface area contributed by atoms with Gasteiger partial charge in [0.15, 0.2) is 17.5 Å². The minimum Gasteiger partial charge on any atom is -0.424 e. The summed E-state index contributed by atoms with van der Waals surface area (Å²) in [5, 5.41) is 0. The number of halogens is 4. The summed E-state index contributed by atoms with van der Waals surface area (Å²) in [6, 6.07) is 0.658. The van der Waals surface area contributed by atoms with E-state index in [1.165, 1.54) is 19.3 Å². The summed E-state index contributed by atoms with van der Waals surface area (Å²) >= 11 is 3.13. The minimum atomic E-state index is -1.53. The summed E-state index contributed by atoms with van der Waals surface area (Å²) in [5.74, 6) is -4.32. The lowest BCUT2D eigenvalue weighted by Gasteiger charge is -2.08. The van der Waals surface area contributed by atoms with Crippen LogP contribution in [0.3, 0.4) is 0 Å². The molecule has 0 N–H and O–H groups in total. The van der Waals surface area contributed by atoms with Gasteiger partial charge in [0.05, 0.1) is 4.47 Å². The van der Waals surface area contributed by atoms with Gasteiger partial charge in [0.1, 0.15) is 5.75 Å². The third-order valence-electron chi connectivity index (χ3n) is 2.16. The molecule has 1 aromatic heterocycles. The number of aromatic nitrogens is 2. The van der Waals surface area contributed by atoms with Gasteiger partial charge in [-0.2, -0.15) is 0 Å². The van der Waals surface area contributed by atoms with Gasteiger partial charge in [0.2, 0.25) is 0 Å². The van der Waals surface area contributed by atoms with E-state index in [1.807, 2.05) is 0 Å². The van der Waals surface area contributed by atoms with E-state index in [-0.39, 0.29) is 17.3 Å². The third kappa shape index (κ3) is 2.45. The second kappa shape index (κ2) is 4.93. The van der Waals surface area contributed by atoms with E-state index >= 15 is 0 Å². The van der Waals surface area contributed by atoms with E-state index in [0.717, 1.165) is 6.07 Å². The number of nitrogens with zero attached hydrogens (tertiary/aromatic N) is 2. The average molecular weight is 319 g/mol. The van der Waals surface area contributed by atoms with Crippen molar-refractivity contribution in [1.29, 1.82) is 0 Å². The molecule has 0 amide bonds. The second-order valence-corrected chi connectivity index (χ2v) is 4.31. The molecule has 0 aliphatic carbocycles. The maximum Gasteiger partial charge on any atom is 0.321 e. The van der Waals surface area contributed by atoms with Crippen LogP contribution in [0.4, 0.5) is 13.2 Å². The molecule has 0 unspecified atom stereocenters. The van der Waals surface area contributed by atoms with Crippen molar-refractivity contribution < 1.29 is 17.9 Å². The smallest absolute Gasteiger partial charge is 0.321 e. The van der Waals surface area contributed by atoms with E-state index < -0.39 is 17.5 Å². The van der Waals surface area contributed by atoms with Crippen molar-refractivity contribution in [3.8, 4) is 11.8 Å². The number of hydrogen-bond donors (Lipinski definition) is 0. The van der Waals surface area contributed by atoms with Crippen molar-refractivity contribution in [1.82, 2.24) is 9.97 Å². The van der Waals surface area contributed by atoms with E-state index in [2.05, 4.69) is 25.9 Å². The third-order valence-corrected chi connectivity index (χ3v) is 2.57. The molecule has 0 bridgehead atoms. The quantitative estimate of drug-likeness (QED) is 0.791. The Labute approximate surface area is 109 Å². The minimum absolute atomic E-state index is 0.0910. The first-order valence-electron chi connectivity index (χ1n) is 4.78. The summed E-state index contributed by atoms with van der Waals surface area (Å²) in [4.78, 5) is 7.56. The highest BCUT2D eigenvalue weighted by molar-refractivity contribution is 9.10. The summed E-state index contributed by atoms with van der Waals surface area (Å²) in [7, 11) is 0. The predicted molar refractivity (Wildman–Crippen MR) is 60.9 cm³/mol. The Bertz CT molecular complexity index is 590. The van der Waals surface area contributed by atoms with Gasteiger partial charge in [0.25, 0.3) is 0 Å². The first kappa shape index (κ1) is 12.8. The molecule has 0 saturated heterocycles. The van der Waals surface area contributed by atoms with E-state index in [9.17, 15) is 13.2 Å². The Hall–Kier alpha value is -1.63. The van der Waals surface area contributed by atoms with Crippen LogP contribution >= 0.6 is 15.9 Å². The maximum atomic E-state index is 13.3. The number of benzene rings is 1. The van der Waals surface area contributed by atoms with Gasteiger partial charge in [-0.05, 0) is 22.9 Å². The van der Waals surface area contributed by atoms with Crippen molar-refractivity contribution in [3.63, 3.8) is 0 Å². The van der Waals surface area contributed by atoms with Crippen molar-refractivity contribution in [2.45, 2.75) is 6.92 Å². The highest BCUT2D eigenvalue weighted by Gasteiger charge is 2.17. The van der Waals surface area contributed by atoms with Crippen molar-refractivity contribution in [2.75, 3.05) is 0 Å². The molecule has 3 nitrogen and oxygen atoms in total. The fourth-order valence-electron chi connectivity index (χ4n) is 1.22. The molecular weight excluding hydrogens is 313 g/mol. The monoisotopic (exact) mass is 318 g/mol. The average Bonchev–Trinajstić information content (AvgIpc) is 2.36. The van der Waals surface area contributed by atoms with E-state index in [4.69, 9.17) is 4.74 Å². The molecule has 2 rings (SSSR count). The molecule has 2 aromatic rings. The Kier molecular flexibility index (Phi) is 3.51. The lowest BCUT2D eigenvalue weighted by atomic mass is 10.2. The molecule has 0 aliphatic heterocycles. The van der Waals surface area contributed by atoms with Crippen LogP contribution in [0.25, 0.3) is 0 Å². The Morgan fingerprint density at radius 2 is 1.72 bits per heavy atom. The number of ether oxygens (including phenoxy) is 1. The topological polar surface area (TPSA) is 35.0 Å². The largest absolute Gasteiger partial charge is 0.424 e. The first-order chi connectivity index (χ1) is 8.49. The van der Waals surface area contributed by atoms with E-state index in [0.29, 0.717) is 4.47 Å². The zero-order chi connectivity index (χ0) is 13.3. The molecule has 1 heterocycles. The molecule has 7 heteroatoms. The molecular formula is C11H6BrF3N2O. The highest BCUT2D eigenvalue weighted by Crippen LogP contribution is 2.28. The maximum absolute atomic E-state index is 13.3. The lowest BCUT2D eigenvalue weighted by molar-refractivity contribution is 0.403. The normalized spacial score (nSPS) is 10.5. The van der Waals surface area contributed by atoms with Crippen molar-refractivity contribution >= 4 is 15.9 Å². The van der Waals surface area contributed by atoms with Crippen LogP contribution in [0.15, 0.2) is 22.9 Å². The van der Waals surface area contributed by atoms with Crippen molar-refractivity contribution in [2.24, 2.45) is 0 Å². The van der Waals surface area contributed by atoms with Gasteiger partial charge in [0, 0.05) is 24.0 Å². The standard InChI is InChI=1S/C11H6BrF3N2O/c1-5-8(2-7(13)10(15)9(5)14)18-11-16-3-6(12)4-17-11/h2-4H,1H3. The van der Waals surface area contributed by atoms with Crippen LogP contribution in [0.2, 0.25) is 0 Å². The summed E-state index contributed by atoms with van der Waals surface area (Å²) in [6.07, 6.45) is 2.82. The fraction of sp³-hybridized carbons (Fsp3) is 0.0909. The molecule has 0 radical (unpaired) electrons. The van der Waals surface area contributed by atoms with Gasteiger partial charge >= 0.3 is 6.01 Å². The molecule has 0 aliphatic rings. The first-order valence-corrected chi connectivity index (χ1v) is 5.58. The molecule has 0 spiro atoms. The fourth-order valence-corrected chi connectivity index (χ4v) is 1.43. The number of rotatable bonds is 2. The van der Waals surface area contributed by atoms with Crippen LogP contribution in [-0.4, -0.2) is 9.97 Å². The van der Waals surface area contributed by atoms with Gasteiger partial charge in [-0.25, -0.2) is 23.1 Å². The Balaban J connectivity index is 2.38. The molecule has 0 saturated carbocycles. The van der Waals surface area contributed by atoms with Crippen LogP contribution in [0.1, 0.15) is 5.56 Å². The van der Waals surface area contributed by atoms with E-state index in [1.54, 1.807) is 0 Å². The zero-order valence-electron chi connectivity index (χ0n) is 9.05. The predicted octanol–water partition coefficient (Wildman–Crippen LogP) is 3.76. The Morgan fingerprint density at radius 3 is 2.33 bits per heavy atom. The van der Waals surface area contributed by atoms with Crippen molar-refractivity contribution in [3.05, 3.63) is 45.9 Å². The van der Waals surface area contributed by atoms with Crippen LogP contribution < -0.4 is 4.74 Å². The summed E-state index contributed by atoms with van der Waals surface area (Å²) < 4.78 is 45.0. The summed E-state index contributed by atoms with van der Waals surface area (Å²) in [6.45, 7) is 1.27. The molecule has 18 heavy (non-hydrogen) atoms. The second-order valence-electron chi connectivity index (χ2n) is 3.40. The van der Waals surface area contributed by atoms with Gasteiger partial charge in [-0.1, -0.05) is 0 Å². The van der Waals surface area contributed by atoms with Crippen LogP contribution in [-0.2, 0) is 0 Å². The Morgan fingerprint density at radius 1 is 1.11 bits per heavy atom. The summed E-state index contributed by atoms with van der Waals surface area (Å²) in [5.41, 5.74) is -0.152. The molecule has 0 atom stereocenters. The van der Waals surface area contributed by atoms with Crippen LogP contribution in [0.5, 0.6) is 11.8 Å². The highest BCUT2D eigenvalue weighted by atomic mass is 79.9. The molecule has 1 aromatic carbocycles. The van der Waals surface area contributed by atoms with Crippen LogP contribution in [0, 0.1) is 24.4 Å².